The number of hydrogen-bond donors (Lipinski definition) is 0. The van der Waals surface area contributed by atoms with E-state index in [1.165, 1.54) is 0 Å². The molecule has 0 N–H and O–H groups in total. The molecule has 0 fully saturated rings. The molecule has 0 radical (unpaired) electrons. The molecule has 0 aliphatic heterocycles. The molecule has 0 aliphatic carbocycles. The molecule has 7 heavy (non-hydrogen) atoms. The van der Waals surface area contributed by atoms with Crippen LogP contribution in [0.1, 0.15) is 0 Å². The van der Waals surface area contributed by atoms with Gasteiger partial charge in [0.1, 0.15) is 12.5 Å². The van der Waals surface area contributed by atoms with Crippen molar-refractivity contribution in [2.75, 3.05) is 0 Å². The predicted molar refractivity (Wildman–Crippen MR) is 26.5 cm³/mol. The Hall–Kier alpha value is -0.700. The lowest BCUT2D eigenvalue weighted by Crippen LogP contribution is -1.31. The van der Waals surface area contributed by atoms with Gasteiger partial charge >= 0.3 is 0 Å². The largest absolute Gasteiger partial charge is 0.381 e. The van der Waals surface area contributed by atoms with Crippen molar-refractivity contribution < 1.29 is 7.70 Å². The third kappa shape index (κ3) is 1.45. The molecule has 38 valence electrons. The average molecular weight is 116 g/mol. The molecule has 0 saturated heterocycles. The number of rotatable bonds is 0. The Bertz CT molecular complexity index is 97.7. The molecule has 0 bridgehead atoms. The molecule has 1 aromatic heterocycles. The predicted octanol–water partition coefficient (Wildman–Crippen LogP) is 2.06. The van der Waals surface area contributed by atoms with Gasteiger partial charge in [-0.3, -0.25) is 0 Å². The lowest BCUT2D eigenvalue weighted by molar-refractivity contribution is 0.602. The van der Waals surface area contributed by atoms with Crippen molar-refractivity contribution in [3.8, 4) is 0 Å². The lowest BCUT2D eigenvalue weighted by Gasteiger charge is -1.58. The van der Waals surface area contributed by atoms with Gasteiger partial charge in [-0.15, -0.1) is 0 Å². The molecule has 0 aromatic carbocycles. The molecule has 2 nitrogen and oxygen atoms in total. The van der Waals surface area contributed by atoms with Crippen molar-refractivity contribution in [1.29, 1.82) is 0 Å². The lowest BCUT2D eigenvalue weighted by atomic mass is 10.7. The summed E-state index contributed by atoms with van der Waals surface area (Å²) >= 11 is 0.942. The van der Waals surface area contributed by atoms with Crippen LogP contribution in [0.4, 0.5) is 0 Å². The molecule has 0 aliphatic rings. The van der Waals surface area contributed by atoms with Crippen molar-refractivity contribution in [2.45, 2.75) is 0 Å². The Morgan fingerprint density at radius 2 is 1.57 bits per heavy atom. The summed E-state index contributed by atoms with van der Waals surface area (Å²) in [7, 11) is 0. The fraction of sp³-hybridized carbons (Fsp3) is 0. The van der Waals surface area contributed by atoms with Crippen molar-refractivity contribution in [3.05, 3.63) is 24.7 Å². The van der Waals surface area contributed by atoms with E-state index in [1.54, 1.807) is 24.7 Å². The van der Waals surface area contributed by atoms with E-state index < -0.39 is 0 Å². The highest BCUT2D eigenvalue weighted by atomic mass is 32.1. The zero-order valence-electron chi connectivity index (χ0n) is 3.53. The summed E-state index contributed by atoms with van der Waals surface area (Å²) < 4.78 is 9.29. The van der Waals surface area contributed by atoms with E-state index in [2.05, 4.69) is 7.70 Å². The summed E-state index contributed by atoms with van der Waals surface area (Å²) in [4.78, 5) is 0. The standard InChI is InChI=1S/C4H4O2S/c1-2-4-6-7-5-3-1/h1-4H. The minimum Gasteiger partial charge on any atom is -0.381 e. The van der Waals surface area contributed by atoms with E-state index >= 15 is 0 Å². The molecule has 0 unspecified atom stereocenters. The SMILES string of the molecule is c1ccosoc1. The second-order valence-electron chi connectivity index (χ2n) is 0.918. The van der Waals surface area contributed by atoms with Crippen LogP contribution < -0.4 is 0 Å². The van der Waals surface area contributed by atoms with Gasteiger partial charge in [0.2, 0.25) is 11.9 Å². The summed E-state index contributed by atoms with van der Waals surface area (Å²) in [6.45, 7) is 0. The van der Waals surface area contributed by atoms with E-state index in [1.807, 2.05) is 0 Å². The Morgan fingerprint density at radius 1 is 1.00 bits per heavy atom. The first-order valence-corrected chi connectivity index (χ1v) is 2.47. The normalized spacial score (nSPS) is 8.00. The minimum atomic E-state index is 0.942. The summed E-state index contributed by atoms with van der Waals surface area (Å²) in [6.07, 6.45) is 3.10. The van der Waals surface area contributed by atoms with E-state index in [0.29, 0.717) is 0 Å². The fourth-order valence-electron chi connectivity index (χ4n) is 0.223. The molecular weight excluding hydrogens is 112 g/mol. The van der Waals surface area contributed by atoms with Crippen LogP contribution in [0.3, 0.4) is 0 Å². The van der Waals surface area contributed by atoms with Crippen LogP contribution >= 0.6 is 11.9 Å². The van der Waals surface area contributed by atoms with Gasteiger partial charge in [0, 0.05) is 0 Å². The van der Waals surface area contributed by atoms with Crippen molar-refractivity contribution in [3.63, 3.8) is 0 Å². The van der Waals surface area contributed by atoms with Crippen molar-refractivity contribution >= 4 is 11.9 Å². The van der Waals surface area contributed by atoms with Gasteiger partial charge in [-0.25, -0.2) is 0 Å². The molecule has 1 heterocycles. The third-order valence-corrected chi connectivity index (χ3v) is 0.837. The van der Waals surface area contributed by atoms with Gasteiger partial charge in [-0.05, 0) is 12.1 Å². The van der Waals surface area contributed by atoms with Crippen molar-refractivity contribution in [2.24, 2.45) is 0 Å². The molecule has 0 spiro atoms. The van der Waals surface area contributed by atoms with Gasteiger partial charge in [-0.2, -0.15) is 0 Å². The van der Waals surface area contributed by atoms with Gasteiger partial charge in [0.15, 0.2) is 0 Å². The summed E-state index contributed by atoms with van der Waals surface area (Å²) in [5.41, 5.74) is 0. The van der Waals surface area contributed by atoms with Crippen LogP contribution in [0.25, 0.3) is 0 Å². The highest BCUT2D eigenvalue weighted by Crippen LogP contribution is 1.89. The molecule has 1 rings (SSSR count). The third-order valence-electron chi connectivity index (χ3n) is 0.458. The van der Waals surface area contributed by atoms with E-state index in [9.17, 15) is 0 Å². The molecule has 3 heteroatoms. The first-order valence-electron chi connectivity index (χ1n) is 1.80. The Morgan fingerprint density at radius 3 is 2.14 bits per heavy atom. The highest BCUT2D eigenvalue weighted by molar-refractivity contribution is 6.93. The molecule has 0 atom stereocenters. The first-order chi connectivity index (χ1) is 3.50. The molecule has 0 amide bonds. The topological polar surface area (TPSA) is 26.3 Å². The van der Waals surface area contributed by atoms with E-state index in [4.69, 9.17) is 0 Å². The average Bonchev–Trinajstić information content (AvgIpc) is 1.90. The van der Waals surface area contributed by atoms with Gasteiger partial charge in [0.25, 0.3) is 0 Å². The summed E-state index contributed by atoms with van der Waals surface area (Å²) in [6, 6.07) is 3.50. The maximum absolute atomic E-state index is 4.65. The first kappa shape index (κ1) is 4.46. The highest BCUT2D eigenvalue weighted by Gasteiger charge is 1.61. The molecule has 0 saturated carbocycles. The van der Waals surface area contributed by atoms with E-state index in [0.717, 1.165) is 11.9 Å². The van der Waals surface area contributed by atoms with Crippen molar-refractivity contribution in [1.82, 2.24) is 0 Å². The summed E-state index contributed by atoms with van der Waals surface area (Å²) in [5.74, 6) is 0. The minimum absolute atomic E-state index is 0.942. The second-order valence-corrected chi connectivity index (χ2v) is 1.44. The monoisotopic (exact) mass is 116 g/mol. The Labute approximate surface area is 45.1 Å². The van der Waals surface area contributed by atoms with Gasteiger partial charge in [0.05, 0.1) is 0 Å². The summed E-state index contributed by atoms with van der Waals surface area (Å²) in [5, 5.41) is 0. The van der Waals surface area contributed by atoms with Gasteiger partial charge in [-0.1, -0.05) is 0 Å². The second kappa shape index (κ2) is 2.47. The maximum atomic E-state index is 4.65. The maximum Gasteiger partial charge on any atom is 0.241 e. The zero-order valence-corrected chi connectivity index (χ0v) is 4.35. The quantitative estimate of drug-likeness (QED) is 0.518. The molecule has 1 aromatic rings. The number of hydrogen-bond acceptors (Lipinski definition) is 3. The van der Waals surface area contributed by atoms with Crippen LogP contribution in [-0.4, -0.2) is 0 Å². The van der Waals surface area contributed by atoms with Crippen LogP contribution in [0.2, 0.25) is 0 Å². The van der Waals surface area contributed by atoms with Crippen LogP contribution in [0.5, 0.6) is 0 Å². The molecular formula is C4H4O2S. The smallest absolute Gasteiger partial charge is 0.241 e. The van der Waals surface area contributed by atoms with Crippen LogP contribution in [0, 0.1) is 0 Å². The van der Waals surface area contributed by atoms with Crippen LogP contribution in [0.15, 0.2) is 32.4 Å². The van der Waals surface area contributed by atoms with Crippen LogP contribution in [-0.2, 0) is 0 Å². The fourth-order valence-corrected chi connectivity index (χ4v) is 0.487. The van der Waals surface area contributed by atoms with Gasteiger partial charge < -0.3 is 7.70 Å². The van der Waals surface area contributed by atoms with E-state index in [-0.39, 0.29) is 0 Å². The Kier molecular flexibility index (Phi) is 1.57. The Balaban J connectivity index is 3.06. The zero-order chi connectivity index (χ0) is 4.95.